The van der Waals surface area contributed by atoms with Crippen molar-refractivity contribution >= 4 is 23.3 Å². The summed E-state index contributed by atoms with van der Waals surface area (Å²) in [5.41, 5.74) is 4.18. The number of amides is 1. The molecule has 1 heterocycles. The summed E-state index contributed by atoms with van der Waals surface area (Å²) in [6, 6.07) is 11.7. The van der Waals surface area contributed by atoms with Gasteiger partial charge in [-0.05, 0) is 85.5 Å². The van der Waals surface area contributed by atoms with Gasteiger partial charge in [-0.3, -0.25) is 9.59 Å². The molecule has 4 rings (SSSR count). The molecule has 1 aliphatic heterocycles. The number of nitrogens with one attached hydrogen (secondary N) is 1. The lowest BCUT2D eigenvalue weighted by Gasteiger charge is -2.35. The fraction of sp³-hybridized carbons (Fsp3) is 0.417. The molecule has 5 heteroatoms. The second-order valence-electron chi connectivity index (χ2n) is 8.33. The number of rotatable bonds is 3. The maximum atomic E-state index is 13.5. The van der Waals surface area contributed by atoms with Crippen LogP contribution in [0.3, 0.4) is 0 Å². The summed E-state index contributed by atoms with van der Waals surface area (Å²) in [4.78, 5) is 26.4. The van der Waals surface area contributed by atoms with Gasteiger partial charge in [0.15, 0.2) is 5.78 Å². The second kappa shape index (κ2) is 7.58. The SMILES string of the molecule is COC1CCC2(CC1)NC(=O)C(c1cc(-c3ccc(Cl)cc3)c(C)cc1C)C2=O. The van der Waals surface area contributed by atoms with E-state index in [1.807, 2.05) is 44.2 Å². The highest BCUT2D eigenvalue weighted by molar-refractivity contribution is 6.30. The van der Waals surface area contributed by atoms with Gasteiger partial charge >= 0.3 is 0 Å². The Bertz CT molecular complexity index is 959. The Morgan fingerprint density at radius 2 is 1.69 bits per heavy atom. The minimum Gasteiger partial charge on any atom is -0.381 e. The molecule has 1 unspecified atom stereocenters. The van der Waals surface area contributed by atoms with Crippen LogP contribution >= 0.6 is 11.6 Å². The Balaban J connectivity index is 1.71. The molecule has 2 aliphatic rings. The van der Waals surface area contributed by atoms with E-state index in [9.17, 15) is 9.59 Å². The van der Waals surface area contributed by atoms with Crippen LogP contribution in [0.2, 0.25) is 5.02 Å². The van der Waals surface area contributed by atoms with Gasteiger partial charge in [0, 0.05) is 12.1 Å². The van der Waals surface area contributed by atoms with Gasteiger partial charge in [-0.1, -0.05) is 29.8 Å². The highest BCUT2D eigenvalue weighted by Gasteiger charge is 2.54. The Morgan fingerprint density at radius 1 is 1.03 bits per heavy atom. The van der Waals surface area contributed by atoms with E-state index in [0.29, 0.717) is 17.9 Å². The molecule has 1 aliphatic carbocycles. The average molecular weight is 412 g/mol. The van der Waals surface area contributed by atoms with Crippen molar-refractivity contribution in [1.29, 1.82) is 0 Å². The van der Waals surface area contributed by atoms with Crippen LogP contribution in [-0.4, -0.2) is 30.4 Å². The van der Waals surface area contributed by atoms with Gasteiger partial charge in [0.25, 0.3) is 0 Å². The van der Waals surface area contributed by atoms with Crippen molar-refractivity contribution in [1.82, 2.24) is 5.32 Å². The molecule has 1 N–H and O–H groups in total. The first kappa shape index (κ1) is 20.1. The number of aryl methyl sites for hydroxylation is 2. The zero-order valence-corrected chi connectivity index (χ0v) is 17.8. The molecule has 0 bridgehead atoms. The number of carbonyl (C=O) groups excluding carboxylic acids is 2. The van der Waals surface area contributed by atoms with Crippen LogP contribution in [0, 0.1) is 13.8 Å². The van der Waals surface area contributed by atoms with Crippen molar-refractivity contribution < 1.29 is 14.3 Å². The summed E-state index contributed by atoms with van der Waals surface area (Å²) in [7, 11) is 1.70. The molecule has 1 saturated heterocycles. The fourth-order valence-corrected chi connectivity index (χ4v) is 4.99. The van der Waals surface area contributed by atoms with Gasteiger partial charge in [0.05, 0.1) is 11.6 Å². The van der Waals surface area contributed by atoms with E-state index >= 15 is 0 Å². The number of ketones is 1. The van der Waals surface area contributed by atoms with Gasteiger partial charge < -0.3 is 10.1 Å². The van der Waals surface area contributed by atoms with Crippen LogP contribution < -0.4 is 5.32 Å². The van der Waals surface area contributed by atoms with Gasteiger partial charge in [0.1, 0.15) is 5.92 Å². The zero-order valence-electron chi connectivity index (χ0n) is 17.0. The summed E-state index contributed by atoms with van der Waals surface area (Å²) in [6.07, 6.45) is 3.03. The number of ether oxygens (including phenoxy) is 1. The summed E-state index contributed by atoms with van der Waals surface area (Å²) >= 11 is 6.03. The maximum absolute atomic E-state index is 13.5. The van der Waals surface area contributed by atoms with E-state index in [1.54, 1.807) is 7.11 Å². The van der Waals surface area contributed by atoms with Crippen LogP contribution in [0.25, 0.3) is 11.1 Å². The molecule has 29 heavy (non-hydrogen) atoms. The summed E-state index contributed by atoms with van der Waals surface area (Å²) < 4.78 is 5.44. The van der Waals surface area contributed by atoms with Crippen molar-refractivity contribution in [2.45, 2.75) is 57.1 Å². The van der Waals surface area contributed by atoms with Crippen molar-refractivity contribution in [3.05, 3.63) is 58.1 Å². The van der Waals surface area contributed by atoms with E-state index in [2.05, 4.69) is 11.4 Å². The number of methoxy groups -OCH3 is 1. The normalized spacial score (nSPS) is 26.8. The number of Topliss-reactive ketones (excluding diaryl/α,β-unsaturated/α-hetero) is 1. The second-order valence-corrected chi connectivity index (χ2v) is 8.77. The lowest BCUT2D eigenvalue weighted by molar-refractivity contribution is -0.126. The monoisotopic (exact) mass is 411 g/mol. The predicted molar refractivity (Wildman–Crippen MR) is 114 cm³/mol. The van der Waals surface area contributed by atoms with Gasteiger partial charge in [-0.15, -0.1) is 0 Å². The molecule has 2 aromatic carbocycles. The Labute approximate surface area is 176 Å². The molecular formula is C24H26ClNO3. The third kappa shape index (κ3) is 3.49. The Morgan fingerprint density at radius 3 is 2.31 bits per heavy atom. The molecule has 4 nitrogen and oxygen atoms in total. The van der Waals surface area contributed by atoms with Crippen LogP contribution in [-0.2, 0) is 14.3 Å². The van der Waals surface area contributed by atoms with Crippen molar-refractivity contribution in [3.63, 3.8) is 0 Å². The molecule has 0 aromatic heterocycles. The Hall–Kier alpha value is -2.17. The van der Waals surface area contributed by atoms with Gasteiger partial charge in [-0.25, -0.2) is 0 Å². The first-order valence-corrected chi connectivity index (χ1v) is 10.5. The molecule has 1 atom stereocenters. The van der Waals surface area contributed by atoms with Crippen LogP contribution in [0.4, 0.5) is 0 Å². The lowest BCUT2D eigenvalue weighted by Crippen LogP contribution is -2.50. The number of carbonyl (C=O) groups is 2. The van der Waals surface area contributed by atoms with E-state index < -0.39 is 11.5 Å². The number of benzene rings is 2. The van der Waals surface area contributed by atoms with Gasteiger partial charge in [-0.2, -0.15) is 0 Å². The third-order valence-corrected chi connectivity index (χ3v) is 6.81. The highest BCUT2D eigenvalue weighted by Crippen LogP contribution is 2.41. The molecule has 1 spiro atoms. The van der Waals surface area contributed by atoms with E-state index in [1.165, 1.54) is 0 Å². The molecule has 1 saturated carbocycles. The molecule has 2 aromatic rings. The predicted octanol–water partition coefficient (Wildman–Crippen LogP) is 4.73. The lowest BCUT2D eigenvalue weighted by atomic mass is 9.75. The third-order valence-electron chi connectivity index (χ3n) is 6.56. The van der Waals surface area contributed by atoms with Crippen LogP contribution in [0.5, 0.6) is 0 Å². The molecular weight excluding hydrogens is 386 g/mol. The van der Waals surface area contributed by atoms with Crippen LogP contribution in [0.1, 0.15) is 48.3 Å². The van der Waals surface area contributed by atoms with Gasteiger partial charge in [0.2, 0.25) is 5.91 Å². The number of hydrogen-bond acceptors (Lipinski definition) is 3. The first-order chi connectivity index (χ1) is 13.8. The molecule has 2 fully saturated rings. The molecule has 0 radical (unpaired) electrons. The fourth-order valence-electron chi connectivity index (χ4n) is 4.86. The van der Waals surface area contributed by atoms with E-state index in [4.69, 9.17) is 16.3 Å². The topological polar surface area (TPSA) is 55.4 Å². The standard InChI is InChI=1S/C24H26ClNO3/c1-14-12-15(2)20(13-19(14)16-4-6-17(25)7-5-16)21-22(27)24(26-23(21)28)10-8-18(29-3)9-11-24/h4-7,12-13,18,21H,8-11H2,1-3H3,(H,26,28). The van der Waals surface area contributed by atoms with Crippen molar-refractivity contribution in [2.75, 3.05) is 7.11 Å². The average Bonchev–Trinajstić information content (AvgIpc) is 2.93. The largest absolute Gasteiger partial charge is 0.381 e. The van der Waals surface area contributed by atoms with Crippen molar-refractivity contribution in [3.8, 4) is 11.1 Å². The first-order valence-electron chi connectivity index (χ1n) is 10.1. The zero-order chi connectivity index (χ0) is 20.8. The number of halogens is 1. The quantitative estimate of drug-likeness (QED) is 0.742. The minimum absolute atomic E-state index is 0.00561. The highest BCUT2D eigenvalue weighted by atomic mass is 35.5. The maximum Gasteiger partial charge on any atom is 0.235 e. The summed E-state index contributed by atoms with van der Waals surface area (Å²) in [6.45, 7) is 4.02. The smallest absolute Gasteiger partial charge is 0.235 e. The Kier molecular flexibility index (Phi) is 5.26. The van der Waals surface area contributed by atoms with E-state index in [-0.39, 0.29) is 17.8 Å². The van der Waals surface area contributed by atoms with E-state index in [0.717, 1.165) is 40.7 Å². The summed E-state index contributed by atoms with van der Waals surface area (Å²) in [5.74, 6) is -0.924. The minimum atomic E-state index is -0.749. The molecule has 1 amide bonds. The van der Waals surface area contributed by atoms with Crippen molar-refractivity contribution in [2.24, 2.45) is 0 Å². The van der Waals surface area contributed by atoms with Crippen LogP contribution in [0.15, 0.2) is 36.4 Å². The number of hydrogen-bond donors (Lipinski definition) is 1. The summed E-state index contributed by atoms with van der Waals surface area (Å²) in [5, 5.41) is 3.74. The molecule has 152 valence electrons.